The Morgan fingerprint density at radius 1 is 1.33 bits per heavy atom. The van der Waals surface area contributed by atoms with Crippen molar-refractivity contribution >= 4 is 23.6 Å². The van der Waals surface area contributed by atoms with Gasteiger partial charge in [-0.1, -0.05) is 12.1 Å². The Balaban J connectivity index is 2.21. The van der Waals surface area contributed by atoms with Crippen LogP contribution in [0.3, 0.4) is 0 Å². The maximum absolute atomic E-state index is 12.9. The van der Waals surface area contributed by atoms with Crippen molar-refractivity contribution < 1.29 is 33.0 Å². The van der Waals surface area contributed by atoms with Gasteiger partial charge in [-0.25, -0.2) is 0 Å². The molecule has 1 aliphatic rings. The van der Waals surface area contributed by atoms with E-state index in [-0.39, 0.29) is 12.1 Å². The maximum Gasteiger partial charge on any atom is 0.419 e. The number of hydrogen-bond acceptors (Lipinski definition) is 4. The lowest BCUT2D eigenvalue weighted by molar-refractivity contribution is -0.253. The summed E-state index contributed by atoms with van der Waals surface area (Å²) < 4.78 is 38.6. The van der Waals surface area contributed by atoms with E-state index in [0.717, 1.165) is 16.7 Å². The molecule has 2 atom stereocenters. The first kappa shape index (κ1) is 18.6. The van der Waals surface area contributed by atoms with E-state index in [1.165, 1.54) is 13.0 Å². The largest absolute Gasteiger partial charge is 0.480 e. The number of carbonyl (C=O) groups is 2. The summed E-state index contributed by atoms with van der Waals surface area (Å²) in [6.07, 6.45) is -5.39. The molecule has 132 valence electrons. The van der Waals surface area contributed by atoms with E-state index in [4.69, 9.17) is 5.11 Å². The number of rotatable bonds is 4. The number of aliphatic hydroxyl groups is 1. The van der Waals surface area contributed by atoms with E-state index in [9.17, 15) is 27.9 Å². The van der Waals surface area contributed by atoms with Gasteiger partial charge in [0.2, 0.25) is 0 Å². The average molecular weight is 363 g/mol. The van der Waals surface area contributed by atoms with E-state index in [0.29, 0.717) is 4.90 Å². The second-order valence-electron chi connectivity index (χ2n) is 5.60. The molecule has 0 aromatic heterocycles. The van der Waals surface area contributed by atoms with Crippen molar-refractivity contribution in [1.82, 2.24) is 4.90 Å². The molecule has 2 rings (SSSR count). The van der Waals surface area contributed by atoms with Crippen molar-refractivity contribution in [1.29, 1.82) is 0 Å². The summed E-state index contributed by atoms with van der Waals surface area (Å²) in [5, 5.41) is 17.8. The van der Waals surface area contributed by atoms with Gasteiger partial charge in [0.05, 0.1) is 12.1 Å². The number of nitrogens with zero attached hydrogens (tertiary/aromatic N) is 1. The molecule has 5 nitrogen and oxygen atoms in total. The number of β-amino-alcohol motifs (C(OH)–C–C–N with tert-alkyl or cyclic N) is 1. The fourth-order valence-corrected chi connectivity index (χ4v) is 3.28. The molecule has 1 fully saturated rings. The van der Waals surface area contributed by atoms with Crippen LogP contribution >= 0.6 is 11.8 Å². The Morgan fingerprint density at radius 3 is 2.50 bits per heavy atom. The van der Waals surface area contributed by atoms with Gasteiger partial charge >= 0.3 is 12.1 Å². The Labute approximate surface area is 140 Å². The highest BCUT2D eigenvalue weighted by atomic mass is 32.2. The van der Waals surface area contributed by atoms with Gasteiger partial charge in [0, 0.05) is 17.9 Å². The van der Waals surface area contributed by atoms with Crippen molar-refractivity contribution in [3.63, 3.8) is 0 Å². The minimum absolute atomic E-state index is 0.127. The molecule has 0 radical (unpaired) electrons. The number of aliphatic carboxylic acids is 1. The van der Waals surface area contributed by atoms with Crippen LogP contribution < -0.4 is 0 Å². The lowest BCUT2D eigenvalue weighted by Gasteiger charge is -2.26. The van der Waals surface area contributed by atoms with Gasteiger partial charge < -0.3 is 15.1 Å². The average Bonchev–Trinajstić information content (AvgIpc) is 2.90. The molecule has 1 heterocycles. The van der Waals surface area contributed by atoms with Crippen LogP contribution in [0.15, 0.2) is 29.2 Å². The van der Waals surface area contributed by atoms with E-state index < -0.39 is 41.9 Å². The normalized spacial score (nSPS) is 22.5. The topological polar surface area (TPSA) is 77.8 Å². The van der Waals surface area contributed by atoms with Crippen LogP contribution in [-0.4, -0.2) is 57.1 Å². The number of carbonyl (C=O) groups excluding carboxylic acids is 1. The predicted octanol–water partition coefficient (Wildman–Crippen LogP) is 2.39. The number of benzene rings is 1. The van der Waals surface area contributed by atoms with Gasteiger partial charge in [-0.2, -0.15) is 13.2 Å². The third-order valence-electron chi connectivity index (χ3n) is 3.83. The van der Waals surface area contributed by atoms with Crippen LogP contribution in [0.5, 0.6) is 0 Å². The molecular formula is C15H16F3NO4S. The molecular weight excluding hydrogens is 347 g/mol. The first-order valence-electron chi connectivity index (χ1n) is 7.12. The smallest absolute Gasteiger partial charge is 0.419 e. The van der Waals surface area contributed by atoms with Gasteiger partial charge in [0.1, 0.15) is 5.25 Å². The fraction of sp³-hybridized carbons (Fsp3) is 0.467. The van der Waals surface area contributed by atoms with Crippen LogP contribution in [0.4, 0.5) is 13.2 Å². The number of halogens is 3. The molecule has 2 unspecified atom stereocenters. The van der Waals surface area contributed by atoms with Crippen LogP contribution in [0.25, 0.3) is 0 Å². The summed E-state index contributed by atoms with van der Waals surface area (Å²) in [7, 11) is 0. The molecule has 1 amide bonds. The zero-order chi connectivity index (χ0) is 18.1. The number of carboxylic acids is 1. The quantitative estimate of drug-likeness (QED) is 0.804. The molecule has 2 N–H and O–H groups in total. The molecule has 0 saturated carbocycles. The standard InChI is InChI=1S/C15H16F3NO4S/c1-9(13(21)22)24-11-5-3-2-4-10(11)12(20)19-7-6-14(23,8-19)15(16,17)18/h2-5,9,23H,6-8H2,1H3,(H,21,22). The lowest BCUT2D eigenvalue weighted by atomic mass is 10.0. The first-order valence-corrected chi connectivity index (χ1v) is 8.00. The third-order valence-corrected chi connectivity index (χ3v) is 5.00. The van der Waals surface area contributed by atoms with Gasteiger partial charge in [0.15, 0.2) is 5.60 Å². The Hall–Kier alpha value is -1.74. The number of thioether (sulfide) groups is 1. The van der Waals surface area contributed by atoms with Gasteiger partial charge in [-0.05, 0) is 19.1 Å². The summed E-state index contributed by atoms with van der Waals surface area (Å²) >= 11 is 0.939. The lowest BCUT2D eigenvalue weighted by Crippen LogP contribution is -2.48. The molecule has 24 heavy (non-hydrogen) atoms. The fourth-order valence-electron chi connectivity index (χ4n) is 2.36. The number of hydrogen-bond donors (Lipinski definition) is 2. The third kappa shape index (κ3) is 3.67. The highest BCUT2D eigenvalue weighted by molar-refractivity contribution is 8.00. The highest BCUT2D eigenvalue weighted by Gasteiger charge is 2.57. The molecule has 1 aromatic rings. The van der Waals surface area contributed by atoms with Crippen LogP contribution in [0, 0.1) is 0 Å². The summed E-state index contributed by atoms with van der Waals surface area (Å²) in [6.45, 7) is 0.400. The Kier molecular flexibility index (Phi) is 5.14. The van der Waals surface area contributed by atoms with Crippen molar-refractivity contribution in [3.8, 4) is 0 Å². The van der Waals surface area contributed by atoms with Crippen molar-refractivity contribution in [2.24, 2.45) is 0 Å². The first-order chi connectivity index (χ1) is 11.0. The number of carboxylic acid groups (broad SMARTS) is 1. The van der Waals surface area contributed by atoms with E-state index in [1.807, 2.05) is 0 Å². The summed E-state index contributed by atoms with van der Waals surface area (Å²) in [5.41, 5.74) is -2.78. The molecule has 9 heteroatoms. The summed E-state index contributed by atoms with van der Waals surface area (Å²) in [5.74, 6) is -1.72. The van der Waals surface area contributed by atoms with Gasteiger partial charge in [-0.3, -0.25) is 9.59 Å². The zero-order valence-corrected chi connectivity index (χ0v) is 13.5. The molecule has 0 aliphatic carbocycles. The monoisotopic (exact) mass is 363 g/mol. The van der Waals surface area contributed by atoms with E-state index >= 15 is 0 Å². The second-order valence-corrected chi connectivity index (χ2v) is 6.98. The number of amides is 1. The van der Waals surface area contributed by atoms with E-state index in [1.54, 1.807) is 18.2 Å². The van der Waals surface area contributed by atoms with Crippen LogP contribution in [0.2, 0.25) is 0 Å². The van der Waals surface area contributed by atoms with Crippen molar-refractivity contribution in [2.45, 2.75) is 35.3 Å². The Morgan fingerprint density at radius 2 is 1.96 bits per heavy atom. The summed E-state index contributed by atoms with van der Waals surface area (Å²) in [6, 6.07) is 6.14. The zero-order valence-electron chi connectivity index (χ0n) is 12.7. The molecule has 0 spiro atoms. The maximum atomic E-state index is 12.9. The SMILES string of the molecule is CC(Sc1ccccc1C(=O)N1CCC(O)(C(F)(F)F)C1)C(=O)O. The van der Waals surface area contributed by atoms with Gasteiger partial charge in [0.25, 0.3) is 5.91 Å². The van der Waals surface area contributed by atoms with Crippen molar-refractivity contribution in [3.05, 3.63) is 29.8 Å². The molecule has 1 saturated heterocycles. The molecule has 1 aliphatic heterocycles. The molecule has 0 bridgehead atoms. The number of alkyl halides is 3. The highest BCUT2D eigenvalue weighted by Crippen LogP contribution is 2.38. The summed E-state index contributed by atoms with van der Waals surface area (Å²) in [4.78, 5) is 24.8. The minimum atomic E-state index is -4.81. The van der Waals surface area contributed by atoms with Gasteiger partial charge in [-0.15, -0.1) is 11.8 Å². The predicted molar refractivity (Wildman–Crippen MR) is 80.9 cm³/mol. The number of likely N-dealkylation sites (tertiary alicyclic amines) is 1. The second kappa shape index (κ2) is 6.64. The van der Waals surface area contributed by atoms with E-state index in [2.05, 4.69) is 0 Å². The minimum Gasteiger partial charge on any atom is -0.480 e. The Bertz CT molecular complexity index is 652. The van der Waals surface area contributed by atoms with Crippen LogP contribution in [0.1, 0.15) is 23.7 Å². The van der Waals surface area contributed by atoms with Crippen LogP contribution in [-0.2, 0) is 4.79 Å². The molecule has 1 aromatic carbocycles. The van der Waals surface area contributed by atoms with Crippen molar-refractivity contribution in [2.75, 3.05) is 13.1 Å².